The lowest BCUT2D eigenvalue weighted by Gasteiger charge is -2.27. The molecular weight excluding hydrogens is 308 g/mol. The smallest absolute Gasteiger partial charge is 0.319 e. The number of nitrogens with one attached hydrogen (secondary N) is 2. The monoisotopic (exact) mass is 334 g/mol. The van der Waals surface area contributed by atoms with Crippen molar-refractivity contribution in [3.05, 3.63) is 18.3 Å². The van der Waals surface area contributed by atoms with Crippen LogP contribution in [0, 0.1) is 0 Å². The topological polar surface area (TPSA) is 83.6 Å². The van der Waals surface area contributed by atoms with Crippen molar-refractivity contribution in [3.8, 4) is 0 Å². The number of carbonyl (C=O) groups excluding carboxylic acids is 2. The second-order valence-corrected chi connectivity index (χ2v) is 5.87. The highest BCUT2D eigenvalue weighted by Gasteiger charge is 2.12. The van der Waals surface area contributed by atoms with Crippen molar-refractivity contribution in [2.24, 2.45) is 0 Å². The first-order valence-electron chi connectivity index (χ1n) is 8.51. The standard InChI is InChI=1S/C17H26N4O3/c1-24-16(22)7-3-4-10-18-17(23)20-14-8-9-15(19-13-14)21-11-5-2-6-12-21/h8-9,13H,2-7,10-12H2,1H3,(H2,18,20,23). The predicted molar refractivity (Wildman–Crippen MR) is 93.2 cm³/mol. The molecule has 7 heteroatoms. The Labute approximate surface area is 142 Å². The Hall–Kier alpha value is -2.31. The molecule has 0 radical (unpaired) electrons. The molecule has 1 saturated heterocycles. The van der Waals surface area contributed by atoms with E-state index in [9.17, 15) is 9.59 Å². The molecule has 1 aliphatic rings. The van der Waals surface area contributed by atoms with Gasteiger partial charge in [0.15, 0.2) is 0 Å². The van der Waals surface area contributed by atoms with Crippen molar-refractivity contribution in [1.29, 1.82) is 0 Å². The largest absolute Gasteiger partial charge is 0.469 e. The summed E-state index contributed by atoms with van der Waals surface area (Å²) in [5.41, 5.74) is 0.669. The molecule has 1 aromatic rings. The summed E-state index contributed by atoms with van der Waals surface area (Å²) in [6.07, 6.45) is 7.19. The van der Waals surface area contributed by atoms with Gasteiger partial charge in [-0.05, 0) is 44.2 Å². The molecular formula is C17H26N4O3. The van der Waals surface area contributed by atoms with Crippen LogP contribution in [0.3, 0.4) is 0 Å². The van der Waals surface area contributed by atoms with Crippen LogP contribution in [-0.4, -0.2) is 43.7 Å². The molecule has 0 saturated carbocycles. The average molecular weight is 334 g/mol. The van der Waals surface area contributed by atoms with E-state index in [2.05, 4.69) is 25.3 Å². The van der Waals surface area contributed by atoms with Crippen molar-refractivity contribution < 1.29 is 14.3 Å². The maximum atomic E-state index is 11.8. The number of methoxy groups -OCH3 is 1. The first-order chi connectivity index (χ1) is 11.7. The van der Waals surface area contributed by atoms with Gasteiger partial charge in [-0.3, -0.25) is 4.79 Å². The number of nitrogens with zero attached hydrogens (tertiary/aromatic N) is 2. The molecule has 2 rings (SSSR count). The van der Waals surface area contributed by atoms with Crippen LogP contribution in [0.1, 0.15) is 38.5 Å². The molecule has 0 atom stereocenters. The third-order valence-corrected chi connectivity index (χ3v) is 4.01. The summed E-state index contributed by atoms with van der Waals surface area (Å²) >= 11 is 0. The third-order valence-electron chi connectivity index (χ3n) is 4.01. The molecule has 132 valence electrons. The highest BCUT2D eigenvalue weighted by molar-refractivity contribution is 5.89. The van der Waals surface area contributed by atoms with Crippen LogP contribution in [-0.2, 0) is 9.53 Å². The first-order valence-corrected chi connectivity index (χ1v) is 8.51. The molecule has 24 heavy (non-hydrogen) atoms. The fourth-order valence-corrected chi connectivity index (χ4v) is 2.64. The van der Waals surface area contributed by atoms with E-state index in [0.717, 1.165) is 25.3 Å². The molecule has 0 spiro atoms. The van der Waals surface area contributed by atoms with Gasteiger partial charge in [-0.2, -0.15) is 0 Å². The van der Waals surface area contributed by atoms with Gasteiger partial charge >= 0.3 is 12.0 Å². The van der Waals surface area contributed by atoms with Gasteiger partial charge in [-0.1, -0.05) is 0 Å². The van der Waals surface area contributed by atoms with E-state index in [1.54, 1.807) is 6.20 Å². The number of amides is 2. The number of anilines is 2. The number of carbonyl (C=O) groups is 2. The van der Waals surface area contributed by atoms with E-state index in [0.29, 0.717) is 25.1 Å². The van der Waals surface area contributed by atoms with Gasteiger partial charge in [0.05, 0.1) is 19.0 Å². The molecule has 1 fully saturated rings. The zero-order valence-corrected chi connectivity index (χ0v) is 14.2. The summed E-state index contributed by atoms with van der Waals surface area (Å²) in [6, 6.07) is 3.55. The van der Waals surface area contributed by atoms with Crippen molar-refractivity contribution in [2.45, 2.75) is 38.5 Å². The number of ether oxygens (including phenoxy) is 1. The van der Waals surface area contributed by atoms with E-state index in [1.165, 1.54) is 26.4 Å². The fourth-order valence-electron chi connectivity index (χ4n) is 2.64. The Morgan fingerprint density at radius 2 is 2.00 bits per heavy atom. The highest BCUT2D eigenvalue weighted by atomic mass is 16.5. The number of hydrogen-bond acceptors (Lipinski definition) is 5. The van der Waals surface area contributed by atoms with Gasteiger partial charge in [-0.25, -0.2) is 9.78 Å². The highest BCUT2D eigenvalue weighted by Crippen LogP contribution is 2.18. The molecule has 2 N–H and O–H groups in total. The molecule has 0 unspecified atom stereocenters. The number of piperidine rings is 1. The predicted octanol–water partition coefficient (Wildman–Crippen LogP) is 2.54. The van der Waals surface area contributed by atoms with Gasteiger partial charge in [0.2, 0.25) is 0 Å². The van der Waals surface area contributed by atoms with E-state index >= 15 is 0 Å². The number of pyridine rings is 1. The summed E-state index contributed by atoms with van der Waals surface area (Å²) in [5, 5.41) is 5.52. The van der Waals surface area contributed by atoms with E-state index in [-0.39, 0.29) is 12.0 Å². The van der Waals surface area contributed by atoms with Gasteiger partial charge in [-0.15, -0.1) is 0 Å². The SMILES string of the molecule is COC(=O)CCCCNC(=O)Nc1ccc(N2CCCCC2)nc1. The maximum absolute atomic E-state index is 11.8. The Bertz CT molecular complexity index is 527. The Balaban J connectivity index is 1.67. The normalized spacial score (nSPS) is 14.1. The number of urea groups is 1. The third kappa shape index (κ3) is 6.06. The number of aromatic nitrogens is 1. The molecule has 2 amide bonds. The lowest BCUT2D eigenvalue weighted by molar-refractivity contribution is -0.140. The number of rotatable bonds is 7. The molecule has 7 nitrogen and oxygen atoms in total. The summed E-state index contributed by atoms with van der Waals surface area (Å²) in [4.78, 5) is 29.5. The Morgan fingerprint density at radius 3 is 2.67 bits per heavy atom. The van der Waals surface area contributed by atoms with Crippen molar-refractivity contribution in [2.75, 3.05) is 37.0 Å². The van der Waals surface area contributed by atoms with Crippen LogP contribution >= 0.6 is 0 Å². The van der Waals surface area contributed by atoms with E-state index < -0.39 is 0 Å². The second kappa shape index (κ2) is 9.75. The number of esters is 1. The van der Waals surface area contributed by atoms with E-state index in [1.807, 2.05) is 12.1 Å². The van der Waals surface area contributed by atoms with Crippen LogP contribution in [0.25, 0.3) is 0 Å². The van der Waals surface area contributed by atoms with Crippen molar-refractivity contribution in [1.82, 2.24) is 10.3 Å². The van der Waals surface area contributed by atoms with Gasteiger partial charge in [0.1, 0.15) is 5.82 Å². The Kier molecular flexibility index (Phi) is 7.32. The number of unbranched alkanes of at least 4 members (excludes halogenated alkanes) is 1. The van der Waals surface area contributed by atoms with Crippen LogP contribution in [0.4, 0.5) is 16.3 Å². The minimum absolute atomic E-state index is 0.223. The number of hydrogen-bond donors (Lipinski definition) is 2. The lowest BCUT2D eigenvalue weighted by atomic mass is 10.1. The fraction of sp³-hybridized carbons (Fsp3) is 0.588. The summed E-state index contributed by atoms with van der Waals surface area (Å²) in [7, 11) is 1.37. The quantitative estimate of drug-likeness (QED) is 0.591. The molecule has 0 bridgehead atoms. The maximum Gasteiger partial charge on any atom is 0.319 e. The molecule has 2 heterocycles. The average Bonchev–Trinajstić information content (AvgIpc) is 2.62. The minimum atomic E-state index is -0.263. The summed E-state index contributed by atoms with van der Waals surface area (Å²) < 4.78 is 4.56. The summed E-state index contributed by atoms with van der Waals surface area (Å²) in [5.74, 6) is 0.739. The molecule has 1 aliphatic heterocycles. The van der Waals surface area contributed by atoms with Crippen molar-refractivity contribution >= 4 is 23.5 Å². The minimum Gasteiger partial charge on any atom is -0.469 e. The lowest BCUT2D eigenvalue weighted by Crippen LogP contribution is -2.31. The van der Waals surface area contributed by atoms with Gasteiger partial charge < -0.3 is 20.3 Å². The zero-order chi connectivity index (χ0) is 17.2. The second-order valence-electron chi connectivity index (χ2n) is 5.87. The molecule has 0 aliphatic carbocycles. The Morgan fingerprint density at radius 1 is 1.21 bits per heavy atom. The zero-order valence-electron chi connectivity index (χ0n) is 14.2. The first kappa shape index (κ1) is 18.0. The van der Waals surface area contributed by atoms with Gasteiger partial charge in [0.25, 0.3) is 0 Å². The summed E-state index contributed by atoms with van der Waals surface area (Å²) in [6.45, 7) is 2.61. The van der Waals surface area contributed by atoms with Crippen LogP contribution in [0.2, 0.25) is 0 Å². The molecule has 0 aromatic carbocycles. The van der Waals surface area contributed by atoms with Gasteiger partial charge in [0, 0.05) is 26.1 Å². The van der Waals surface area contributed by atoms with E-state index in [4.69, 9.17) is 0 Å². The van der Waals surface area contributed by atoms with Crippen LogP contribution in [0.15, 0.2) is 18.3 Å². The van der Waals surface area contributed by atoms with Crippen LogP contribution < -0.4 is 15.5 Å². The van der Waals surface area contributed by atoms with Crippen molar-refractivity contribution in [3.63, 3.8) is 0 Å². The van der Waals surface area contributed by atoms with Crippen LogP contribution in [0.5, 0.6) is 0 Å². The molecule has 1 aromatic heterocycles.